The Morgan fingerprint density at radius 3 is 2.74 bits per heavy atom. The van der Waals surface area contributed by atoms with E-state index in [1.165, 1.54) is 5.56 Å². The van der Waals surface area contributed by atoms with Gasteiger partial charge >= 0.3 is 0 Å². The van der Waals surface area contributed by atoms with E-state index in [1.807, 2.05) is 25.4 Å². The molecule has 0 radical (unpaired) electrons. The Balaban J connectivity index is 1.63. The van der Waals surface area contributed by atoms with Gasteiger partial charge in [0.05, 0.1) is 0 Å². The van der Waals surface area contributed by atoms with Crippen molar-refractivity contribution in [3.05, 3.63) is 46.6 Å². The molecular formula is C14H14BrN3O. The lowest BCUT2D eigenvalue weighted by Gasteiger charge is -2.02. The third-order valence-electron chi connectivity index (χ3n) is 3.39. The van der Waals surface area contributed by atoms with Gasteiger partial charge in [-0.25, -0.2) is 0 Å². The highest BCUT2D eigenvalue weighted by molar-refractivity contribution is 9.10. The Kier molecular flexibility index (Phi) is 3.14. The van der Waals surface area contributed by atoms with Gasteiger partial charge < -0.3 is 5.32 Å². The fourth-order valence-electron chi connectivity index (χ4n) is 2.26. The van der Waals surface area contributed by atoms with Gasteiger partial charge in [0.1, 0.15) is 0 Å². The van der Waals surface area contributed by atoms with Crippen LogP contribution in [0.25, 0.3) is 0 Å². The van der Waals surface area contributed by atoms with Gasteiger partial charge in [-0.2, -0.15) is 5.10 Å². The summed E-state index contributed by atoms with van der Waals surface area (Å²) in [4.78, 5) is 12.1. The molecule has 1 saturated carbocycles. The van der Waals surface area contributed by atoms with Gasteiger partial charge in [0.15, 0.2) is 5.82 Å². The van der Waals surface area contributed by atoms with Crippen LogP contribution in [-0.4, -0.2) is 15.7 Å². The molecule has 1 aliphatic carbocycles. The summed E-state index contributed by atoms with van der Waals surface area (Å²) in [5.41, 5.74) is 1.23. The number of nitrogens with zero attached hydrogens (tertiary/aromatic N) is 2. The third kappa shape index (κ3) is 2.71. The van der Waals surface area contributed by atoms with E-state index in [-0.39, 0.29) is 11.8 Å². The molecule has 1 aliphatic rings. The van der Waals surface area contributed by atoms with Crippen LogP contribution in [0.1, 0.15) is 17.9 Å². The lowest BCUT2D eigenvalue weighted by molar-refractivity contribution is -0.117. The zero-order chi connectivity index (χ0) is 13.4. The minimum atomic E-state index is 0.0617. The number of nitrogens with one attached hydrogen (secondary N) is 1. The van der Waals surface area contributed by atoms with Gasteiger partial charge in [0.25, 0.3) is 0 Å². The molecule has 1 aromatic heterocycles. The summed E-state index contributed by atoms with van der Waals surface area (Å²) in [5, 5.41) is 7.00. The first-order valence-corrected chi connectivity index (χ1v) is 6.99. The van der Waals surface area contributed by atoms with E-state index in [2.05, 4.69) is 38.5 Å². The topological polar surface area (TPSA) is 46.9 Å². The molecule has 2 atom stereocenters. The quantitative estimate of drug-likeness (QED) is 0.945. The maximum absolute atomic E-state index is 12.1. The van der Waals surface area contributed by atoms with Crippen LogP contribution in [0, 0.1) is 5.92 Å². The summed E-state index contributed by atoms with van der Waals surface area (Å²) in [5.74, 6) is 1.10. The smallest absolute Gasteiger partial charge is 0.229 e. The minimum absolute atomic E-state index is 0.0617. The molecule has 0 saturated heterocycles. The van der Waals surface area contributed by atoms with E-state index in [9.17, 15) is 4.79 Å². The number of carbonyl (C=O) groups excluding carboxylic acids is 1. The molecule has 1 fully saturated rings. The molecule has 1 aromatic carbocycles. The van der Waals surface area contributed by atoms with E-state index >= 15 is 0 Å². The molecule has 1 amide bonds. The van der Waals surface area contributed by atoms with E-state index in [0.717, 1.165) is 10.9 Å². The first-order chi connectivity index (χ1) is 9.13. The van der Waals surface area contributed by atoms with Crippen LogP contribution < -0.4 is 5.32 Å². The summed E-state index contributed by atoms with van der Waals surface area (Å²) in [6.45, 7) is 0. The third-order valence-corrected chi connectivity index (χ3v) is 3.92. The average molecular weight is 320 g/mol. The number of hydrogen-bond donors (Lipinski definition) is 1. The first-order valence-electron chi connectivity index (χ1n) is 6.19. The average Bonchev–Trinajstić information content (AvgIpc) is 3.08. The number of halogens is 1. The highest BCUT2D eigenvalue weighted by Gasteiger charge is 2.44. The molecule has 0 unspecified atom stereocenters. The molecule has 1 N–H and O–H groups in total. The van der Waals surface area contributed by atoms with Crippen LogP contribution in [-0.2, 0) is 11.8 Å². The number of carbonyl (C=O) groups is 1. The van der Waals surface area contributed by atoms with Crippen LogP contribution >= 0.6 is 15.9 Å². The number of aromatic nitrogens is 2. The molecule has 19 heavy (non-hydrogen) atoms. The maximum atomic E-state index is 12.1. The molecule has 98 valence electrons. The zero-order valence-electron chi connectivity index (χ0n) is 10.5. The predicted octanol–water partition coefficient (Wildman–Crippen LogP) is 2.92. The fraction of sp³-hybridized carbons (Fsp3) is 0.286. The van der Waals surface area contributed by atoms with Crippen LogP contribution in [0.3, 0.4) is 0 Å². The zero-order valence-corrected chi connectivity index (χ0v) is 12.1. The van der Waals surface area contributed by atoms with Crippen LogP contribution in [0.2, 0.25) is 0 Å². The van der Waals surface area contributed by atoms with Crippen molar-refractivity contribution in [2.75, 3.05) is 5.32 Å². The number of amides is 1. The molecule has 0 aliphatic heterocycles. The van der Waals surface area contributed by atoms with Crippen molar-refractivity contribution >= 4 is 27.7 Å². The van der Waals surface area contributed by atoms with Crippen molar-refractivity contribution in [2.24, 2.45) is 13.0 Å². The van der Waals surface area contributed by atoms with Gasteiger partial charge in [0, 0.05) is 29.7 Å². The van der Waals surface area contributed by atoms with Crippen molar-refractivity contribution in [2.45, 2.75) is 12.3 Å². The van der Waals surface area contributed by atoms with Crippen molar-refractivity contribution in [1.82, 2.24) is 9.78 Å². The number of aryl methyl sites for hydroxylation is 1. The van der Waals surface area contributed by atoms with Crippen LogP contribution in [0.5, 0.6) is 0 Å². The van der Waals surface area contributed by atoms with E-state index in [4.69, 9.17) is 0 Å². The Morgan fingerprint density at radius 2 is 2.11 bits per heavy atom. The Morgan fingerprint density at radius 1 is 1.37 bits per heavy atom. The first kappa shape index (κ1) is 12.4. The number of rotatable bonds is 3. The van der Waals surface area contributed by atoms with Crippen LogP contribution in [0.15, 0.2) is 41.0 Å². The number of hydrogen-bond acceptors (Lipinski definition) is 2. The monoisotopic (exact) mass is 319 g/mol. The van der Waals surface area contributed by atoms with E-state index in [0.29, 0.717) is 11.7 Å². The lowest BCUT2D eigenvalue weighted by Crippen LogP contribution is -2.15. The van der Waals surface area contributed by atoms with E-state index < -0.39 is 0 Å². The molecule has 3 rings (SSSR count). The molecule has 4 nitrogen and oxygen atoms in total. The number of benzene rings is 1. The van der Waals surface area contributed by atoms with Crippen molar-refractivity contribution in [1.29, 1.82) is 0 Å². The molecule has 2 aromatic rings. The SMILES string of the molecule is Cn1ccc(NC(=O)[C@@H]2C[C@H]2c2ccc(Br)cc2)n1. The Hall–Kier alpha value is -1.62. The van der Waals surface area contributed by atoms with Gasteiger partial charge in [-0.15, -0.1) is 0 Å². The van der Waals surface area contributed by atoms with Crippen molar-refractivity contribution in [3.63, 3.8) is 0 Å². The van der Waals surface area contributed by atoms with Gasteiger partial charge in [-0.05, 0) is 30.0 Å². The maximum Gasteiger partial charge on any atom is 0.229 e. The molecule has 1 heterocycles. The van der Waals surface area contributed by atoms with Crippen molar-refractivity contribution in [3.8, 4) is 0 Å². The predicted molar refractivity (Wildman–Crippen MR) is 76.8 cm³/mol. The molecule has 0 spiro atoms. The number of anilines is 1. The van der Waals surface area contributed by atoms with Gasteiger partial charge in [-0.1, -0.05) is 28.1 Å². The normalized spacial score (nSPS) is 21.2. The molecular weight excluding hydrogens is 306 g/mol. The summed E-state index contributed by atoms with van der Waals surface area (Å²) in [6.07, 6.45) is 2.73. The highest BCUT2D eigenvalue weighted by Crippen LogP contribution is 2.48. The fourth-order valence-corrected chi connectivity index (χ4v) is 2.53. The Bertz CT molecular complexity index is 605. The second-order valence-corrected chi connectivity index (χ2v) is 5.78. The minimum Gasteiger partial charge on any atom is -0.309 e. The standard InChI is InChI=1S/C14H14BrN3O/c1-18-7-6-13(17-18)16-14(19)12-8-11(12)9-2-4-10(15)5-3-9/h2-7,11-12H,8H2,1H3,(H,16,17,19)/t11-,12+/m0/s1. The Labute approximate surface area is 119 Å². The van der Waals surface area contributed by atoms with Crippen molar-refractivity contribution < 1.29 is 4.79 Å². The lowest BCUT2D eigenvalue weighted by atomic mass is 10.1. The van der Waals surface area contributed by atoms with E-state index in [1.54, 1.807) is 10.7 Å². The second-order valence-electron chi connectivity index (χ2n) is 4.86. The second kappa shape index (κ2) is 4.81. The summed E-state index contributed by atoms with van der Waals surface area (Å²) >= 11 is 3.42. The van der Waals surface area contributed by atoms with Crippen LogP contribution in [0.4, 0.5) is 5.82 Å². The molecule has 0 bridgehead atoms. The molecule has 5 heteroatoms. The summed E-state index contributed by atoms with van der Waals surface area (Å²) < 4.78 is 2.74. The largest absolute Gasteiger partial charge is 0.309 e. The summed E-state index contributed by atoms with van der Waals surface area (Å²) in [6, 6.07) is 9.98. The summed E-state index contributed by atoms with van der Waals surface area (Å²) in [7, 11) is 1.83. The van der Waals surface area contributed by atoms with Gasteiger partial charge in [0.2, 0.25) is 5.91 Å². The highest BCUT2D eigenvalue weighted by atomic mass is 79.9. The van der Waals surface area contributed by atoms with Gasteiger partial charge in [-0.3, -0.25) is 9.48 Å².